The fraction of sp³-hybridized carbons (Fsp3) is 0.364. The summed E-state index contributed by atoms with van der Waals surface area (Å²) < 4.78 is 0. The van der Waals surface area contributed by atoms with Crippen LogP contribution in [0.25, 0.3) is 0 Å². The lowest BCUT2D eigenvalue weighted by Gasteiger charge is -2.20. The summed E-state index contributed by atoms with van der Waals surface area (Å²) in [6.07, 6.45) is 0.155. The summed E-state index contributed by atoms with van der Waals surface area (Å²) in [4.78, 5) is 13.3. The molecule has 0 unspecified atom stereocenters. The van der Waals surface area contributed by atoms with Crippen LogP contribution >= 0.6 is 0 Å². The smallest absolute Gasteiger partial charge is 0.238 e. The molecule has 1 fully saturated rings. The molecule has 1 aliphatic rings. The van der Waals surface area contributed by atoms with Crippen LogP contribution in [0.1, 0.15) is 12.5 Å². The van der Waals surface area contributed by atoms with Crippen molar-refractivity contribution >= 4 is 5.91 Å². The number of nitrogens with zero attached hydrogens (tertiary/aromatic N) is 1. The molecular formula is C11H14N2O. The Morgan fingerprint density at radius 2 is 2.14 bits per heavy atom. The van der Waals surface area contributed by atoms with E-state index in [9.17, 15) is 4.79 Å². The molecule has 0 bridgehead atoms. The molecule has 1 atom stereocenters. The summed E-state index contributed by atoms with van der Waals surface area (Å²) in [6, 6.07) is 10.1. The molecule has 1 aromatic rings. The van der Waals surface area contributed by atoms with E-state index in [4.69, 9.17) is 0 Å². The van der Waals surface area contributed by atoms with Gasteiger partial charge in [0.2, 0.25) is 5.91 Å². The second-order valence-electron chi connectivity index (χ2n) is 3.56. The number of carbonyl (C=O) groups excluding carboxylic acids is 1. The summed E-state index contributed by atoms with van der Waals surface area (Å²) in [5.41, 5.74) is 1.18. The molecule has 1 aliphatic heterocycles. The highest BCUT2D eigenvalue weighted by molar-refractivity contribution is 5.80. The number of benzene rings is 1. The highest BCUT2D eigenvalue weighted by Gasteiger charge is 2.26. The van der Waals surface area contributed by atoms with E-state index in [2.05, 4.69) is 5.32 Å². The van der Waals surface area contributed by atoms with Gasteiger partial charge in [0.1, 0.15) is 0 Å². The van der Waals surface area contributed by atoms with E-state index in [0.717, 1.165) is 0 Å². The summed E-state index contributed by atoms with van der Waals surface area (Å²) in [7, 11) is 0. The fourth-order valence-electron chi connectivity index (χ4n) is 1.67. The van der Waals surface area contributed by atoms with Gasteiger partial charge in [-0.15, -0.1) is 0 Å². The van der Waals surface area contributed by atoms with Gasteiger partial charge in [-0.05, 0) is 12.5 Å². The van der Waals surface area contributed by atoms with Crippen molar-refractivity contribution < 1.29 is 4.79 Å². The Morgan fingerprint density at radius 1 is 1.43 bits per heavy atom. The van der Waals surface area contributed by atoms with E-state index < -0.39 is 0 Å². The van der Waals surface area contributed by atoms with Crippen molar-refractivity contribution in [1.82, 2.24) is 10.2 Å². The molecule has 1 heterocycles. The number of carbonyl (C=O) groups is 1. The number of amides is 1. The maximum absolute atomic E-state index is 11.5. The van der Waals surface area contributed by atoms with Gasteiger partial charge in [-0.1, -0.05) is 30.3 Å². The largest absolute Gasteiger partial charge is 0.322 e. The third-order valence-electron chi connectivity index (χ3n) is 2.53. The molecule has 0 aliphatic carbocycles. The molecule has 0 radical (unpaired) electrons. The van der Waals surface area contributed by atoms with Crippen molar-refractivity contribution in [3.05, 3.63) is 35.9 Å². The highest BCUT2D eigenvalue weighted by atomic mass is 16.2. The van der Waals surface area contributed by atoms with Crippen LogP contribution in [0.4, 0.5) is 0 Å². The average Bonchev–Trinajstić information content (AvgIpc) is 2.51. The minimum atomic E-state index is 0.155. The van der Waals surface area contributed by atoms with Crippen LogP contribution in [-0.2, 0) is 11.3 Å². The molecule has 0 aromatic heterocycles. The molecule has 14 heavy (non-hydrogen) atoms. The predicted molar refractivity (Wildman–Crippen MR) is 54.5 cm³/mol. The summed E-state index contributed by atoms with van der Waals surface area (Å²) in [5.74, 6) is 0.182. The first-order chi connectivity index (χ1) is 6.77. The van der Waals surface area contributed by atoms with Crippen LogP contribution < -0.4 is 5.32 Å². The van der Waals surface area contributed by atoms with E-state index in [-0.39, 0.29) is 12.1 Å². The zero-order chi connectivity index (χ0) is 9.97. The SMILES string of the molecule is C[C@H]1NCC(=O)N1Cc1ccccc1. The van der Waals surface area contributed by atoms with E-state index in [1.807, 2.05) is 42.2 Å². The normalized spacial score (nSPS) is 21.6. The van der Waals surface area contributed by atoms with Gasteiger partial charge in [-0.25, -0.2) is 0 Å². The Hall–Kier alpha value is -1.35. The maximum atomic E-state index is 11.5. The molecule has 1 amide bonds. The average molecular weight is 190 g/mol. The Kier molecular flexibility index (Phi) is 2.50. The first-order valence-corrected chi connectivity index (χ1v) is 4.84. The molecule has 1 saturated heterocycles. The Morgan fingerprint density at radius 3 is 2.71 bits per heavy atom. The third-order valence-corrected chi connectivity index (χ3v) is 2.53. The van der Waals surface area contributed by atoms with Crippen LogP contribution in [-0.4, -0.2) is 23.5 Å². The van der Waals surface area contributed by atoms with E-state index >= 15 is 0 Å². The molecule has 3 nitrogen and oxygen atoms in total. The molecule has 0 spiro atoms. The summed E-state index contributed by atoms with van der Waals surface area (Å²) in [5, 5.41) is 3.12. The molecule has 74 valence electrons. The van der Waals surface area contributed by atoms with Crippen LogP contribution in [0, 0.1) is 0 Å². The Balaban J connectivity index is 2.07. The van der Waals surface area contributed by atoms with Gasteiger partial charge in [0.15, 0.2) is 0 Å². The minimum absolute atomic E-state index is 0.155. The van der Waals surface area contributed by atoms with Gasteiger partial charge in [-0.2, -0.15) is 0 Å². The summed E-state index contributed by atoms with van der Waals surface area (Å²) >= 11 is 0. The van der Waals surface area contributed by atoms with Crippen LogP contribution in [0.15, 0.2) is 30.3 Å². The lowest BCUT2D eigenvalue weighted by Crippen LogP contribution is -2.34. The van der Waals surface area contributed by atoms with Gasteiger partial charge in [0.05, 0.1) is 12.7 Å². The third kappa shape index (κ3) is 1.77. The number of hydrogen-bond acceptors (Lipinski definition) is 2. The second kappa shape index (κ2) is 3.80. The maximum Gasteiger partial charge on any atom is 0.238 e. The molecular weight excluding hydrogens is 176 g/mol. The van der Waals surface area contributed by atoms with Crippen LogP contribution in [0.3, 0.4) is 0 Å². The Labute approximate surface area is 83.7 Å². The molecule has 2 rings (SSSR count). The number of hydrogen-bond donors (Lipinski definition) is 1. The van der Waals surface area contributed by atoms with Gasteiger partial charge < -0.3 is 4.90 Å². The lowest BCUT2D eigenvalue weighted by atomic mass is 10.2. The standard InChI is InChI=1S/C11H14N2O/c1-9-12-7-11(14)13(9)8-10-5-3-2-4-6-10/h2-6,9,12H,7-8H2,1H3/t9-/m0/s1. The monoisotopic (exact) mass is 190 g/mol. The molecule has 1 N–H and O–H groups in total. The van der Waals surface area contributed by atoms with Gasteiger partial charge >= 0.3 is 0 Å². The van der Waals surface area contributed by atoms with Crippen LogP contribution in [0.2, 0.25) is 0 Å². The fourth-order valence-corrected chi connectivity index (χ4v) is 1.67. The Bertz CT molecular complexity index is 323. The lowest BCUT2D eigenvalue weighted by molar-refractivity contribution is -0.128. The molecule has 1 aromatic carbocycles. The predicted octanol–water partition coefficient (Wildman–Crippen LogP) is 0.964. The van der Waals surface area contributed by atoms with Gasteiger partial charge in [0.25, 0.3) is 0 Å². The molecule has 0 saturated carbocycles. The van der Waals surface area contributed by atoms with Crippen molar-refractivity contribution in [3.63, 3.8) is 0 Å². The van der Waals surface area contributed by atoms with Crippen molar-refractivity contribution in [2.45, 2.75) is 19.6 Å². The van der Waals surface area contributed by atoms with Gasteiger partial charge in [-0.3, -0.25) is 10.1 Å². The van der Waals surface area contributed by atoms with E-state index in [0.29, 0.717) is 13.1 Å². The zero-order valence-corrected chi connectivity index (χ0v) is 8.23. The quantitative estimate of drug-likeness (QED) is 0.753. The minimum Gasteiger partial charge on any atom is -0.322 e. The topological polar surface area (TPSA) is 32.3 Å². The van der Waals surface area contributed by atoms with Gasteiger partial charge in [0, 0.05) is 6.54 Å². The van der Waals surface area contributed by atoms with Crippen molar-refractivity contribution in [3.8, 4) is 0 Å². The second-order valence-corrected chi connectivity index (χ2v) is 3.56. The zero-order valence-electron chi connectivity index (χ0n) is 8.23. The van der Waals surface area contributed by atoms with E-state index in [1.54, 1.807) is 0 Å². The van der Waals surface area contributed by atoms with Crippen molar-refractivity contribution in [2.75, 3.05) is 6.54 Å². The van der Waals surface area contributed by atoms with Crippen molar-refractivity contribution in [2.24, 2.45) is 0 Å². The first kappa shape index (κ1) is 9.21. The highest BCUT2D eigenvalue weighted by Crippen LogP contribution is 2.10. The number of nitrogens with one attached hydrogen (secondary N) is 1. The van der Waals surface area contributed by atoms with E-state index in [1.165, 1.54) is 5.56 Å². The summed E-state index contributed by atoms with van der Waals surface area (Å²) in [6.45, 7) is 3.18. The van der Waals surface area contributed by atoms with Crippen molar-refractivity contribution in [1.29, 1.82) is 0 Å². The van der Waals surface area contributed by atoms with Crippen LogP contribution in [0.5, 0.6) is 0 Å². The molecule has 3 heteroatoms. The number of rotatable bonds is 2. The first-order valence-electron chi connectivity index (χ1n) is 4.84.